The number of fused-ring (bicyclic) bond motifs is 1. The number of ketones is 1. The molecule has 1 N–H and O–H groups in total. The van der Waals surface area contributed by atoms with Crippen LogP contribution in [0.3, 0.4) is 0 Å². The normalized spacial score (nSPS) is 11.0. The largest absolute Gasteiger partial charge is 0.550 e. The number of aryl methyl sites for hydroxylation is 1. The summed E-state index contributed by atoms with van der Waals surface area (Å²) in [7, 11) is 0. The summed E-state index contributed by atoms with van der Waals surface area (Å²) in [4.78, 5) is 30.7. The van der Waals surface area contributed by atoms with E-state index in [0.29, 0.717) is 26.5 Å². The van der Waals surface area contributed by atoms with Crippen molar-refractivity contribution in [3.05, 3.63) is 50.6 Å². The van der Waals surface area contributed by atoms with Gasteiger partial charge in [0.2, 0.25) is 5.78 Å². The molecule has 112 valence electrons. The van der Waals surface area contributed by atoms with E-state index < -0.39 is 5.97 Å². The first-order valence-electron chi connectivity index (χ1n) is 6.42. The van der Waals surface area contributed by atoms with Crippen LogP contribution in [0, 0.1) is 6.92 Å². The fourth-order valence-corrected chi connectivity index (χ4v) is 3.22. The predicted octanol–water partition coefficient (Wildman–Crippen LogP) is 2.11. The number of carbonyl (C=O) groups excluding carboxylic acids is 2. The molecule has 1 aromatic carbocycles. The molecule has 3 aromatic rings. The van der Waals surface area contributed by atoms with Gasteiger partial charge in [-0.15, -0.1) is 11.3 Å². The molecule has 0 fully saturated rings. The standard InChI is InChI=1S/C15H11ClN2O3S/c1-7-6-22-15(17-7)14(21)13-10(5-12(19)20)9-4-8(16)2-3-11(9)18-13/h2-4,6,18H,5H2,1H3,(H,19,20)/p-1. The highest BCUT2D eigenvalue weighted by Crippen LogP contribution is 2.28. The lowest BCUT2D eigenvalue weighted by molar-refractivity contribution is -0.304. The molecular formula is C15H10ClN2O3S-. The lowest BCUT2D eigenvalue weighted by Crippen LogP contribution is -2.25. The van der Waals surface area contributed by atoms with Crippen molar-refractivity contribution < 1.29 is 14.7 Å². The highest BCUT2D eigenvalue weighted by Gasteiger charge is 2.21. The molecule has 5 nitrogen and oxygen atoms in total. The van der Waals surface area contributed by atoms with E-state index in [4.69, 9.17) is 11.6 Å². The molecule has 0 saturated carbocycles. The summed E-state index contributed by atoms with van der Waals surface area (Å²) in [6, 6.07) is 5.01. The number of hydrogen-bond donors (Lipinski definition) is 1. The van der Waals surface area contributed by atoms with Gasteiger partial charge in [0.25, 0.3) is 0 Å². The van der Waals surface area contributed by atoms with E-state index in [2.05, 4.69) is 9.97 Å². The minimum Gasteiger partial charge on any atom is -0.550 e. The molecule has 22 heavy (non-hydrogen) atoms. The number of aromatic amines is 1. The number of thiazole rings is 1. The van der Waals surface area contributed by atoms with Crippen molar-refractivity contribution >= 4 is 45.6 Å². The minimum atomic E-state index is -1.26. The van der Waals surface area contributed by atoms with Gasteiger partial charge in [-0.1, -0.05) is 11.6 Å². The molecule has 0 aliphatic rings. The van der Waals surface area contributed by atoms with Crippen molar-refractivity contribution in [3.63, 3.8) is 0 Å². The zero-order chi connectivity index (χ0) is 15.9. The number of nitrogens with zero attached hydrogens (tertiary/aromatic N) is 1. The average Bonchev–Trinajstić information content (AvgIpc) is 3.03. The number of halogens is 1. The topological polar surface area (TPSA) is 85.9 Å². The second-order valence-corrected chi connectivity index (χ2v) is 6.13. The SMILES string of the molecule is Cc1csc(C(=O)c2[nH]c3ccc(Cl)cc3c2CC(=O)[O-])n1. The Morgan fingerprint density at radius 3 is 2.82 bits per heavy atom. The summed E-state index contributed by atoms with van der Waals surface area (Å²) in [6.07, 6.45) is -0.369. The van der Waals surface area contributed by atoms with Crippen molar-refractivity contribution in [1.82, 2.24) is 9.97 Å². The Labute approximate surface area is 134 Å². The maximum absolute atomic E-state index is 12.6. The Morgan fingerprint density at radius 2 is 2.18 bits per heavy atom. The lowest BCUT2D eigenvalue weighted by Gasteiger charge is -2.04. The summed E-state index contributed by atoms with van der Waals surface area (Å²) < 4.78 is 0. The molecule has 0 unspecified atom stereocenters. The molecule has 0 radical (unpaired) electrons. The molecule has 2 heterocycles. The Hall–Kier alpha value is -2.18. The van der Waals surface area contributed by atoms with E-state index in [0.717, 1.165) is 5.69 Å². The van der Waals surface area contributed by atoms with Crippen molar-refractivity contribution in [2.24, 2.45) is 0 Å². The maximum atomic E-state index is 12.6. The van der Waals surface area contributed by atoms with Gasteiger partial charge in [0.1, 0.15) is 0 Å². The zero-order valence-electron chi connectivity index (χ0n) is 11.5. The molecule has 0 bridgehead atoms. The van der Waals surface area contributed by atoms with Gasteiger partial charge in [0, 0.05) is 39.4 Å². The number of aromatic nitrogens is 2. The quantitative estimate of drug-likeness (QED) is 0.741. The van der Waals surface area contributed by atoms with Crippen LogP contribution in [0.2, 0.25) is 5.02 Å². The van der Waals surface area contributed by atoms with Crippen molar-refractivity contribution in [3.8, 4) is 0 Å². The van der Waals surface area contributed by atoms with Gasteiger partial charge in [0.15, 0.2) is 5.01 Å². The third-order valence-corrected chi connectivity index (χ3v) is 4.42. The summed E-state index contributed by atoms with van der Waals surface area (Å²) >= 11 is 7.19. The first-order chi connectivity index (χ1) is 10.5. The number of rotatable bonds is 4. The third-order valence-electron chi connectivity index (χ3n) is 3.23. The van der Waals surface area contributed by atoms with Crippen LogP contribution in [0.5, 0.6) is 0 Å². The number of carboxylic acids is 1. The molecule has 3 rings (SSSR count). The minimum absolute atomic E-state index is 0.218. The van der Waals surface area contributed by atoms with Crippen LogP contribution < -0.4 is 5.11 Å². The fraction of sp³-hybridized carbons (Fsp3) is 0.133. The Balaban J connectivity index is 2.19. The van der Waals surface area contributed by atoms with Gasteiger partial charge in [-0.2, -0.15) is 0 Å². The van der Waals surface area contributed by atoms with Crippen molar-refractivity contribution in [1.29, 1.82) is 0 Å². The third kappa shape index (κ3) is 2.63. The monoisotopic (exact) mass is 333 g/mol. The smallest absolute Gasteiger partial charge is 0.238 e. The summed E-state index contributed by atoms with van der Waals surface area (Å²) in [6.45, 7) is 1.79. The zero-order valence-corrected chi connectivity index (χ0v) is 13.0. The molecule has 0 amide bonds. The Bertz CT molecular complexity index is 897. The lowest BCUT2D eigenvalue weighted by atomic mass is 10.1. The molecule has 0 saturated heterocycles. The van der Waals surface area contributed by atoms with Crippen LogP contribution >= 0.6 is 22.9 Å². The fourth-order valence-electron chi connectivity index (χ4n) is 2.31. The average molecular weight is 334 g/mol. The predicted molar refractivity (Wildman–Crippen MR) is 82.3 cm³/mol. The molecule has 0 spiro atoms. The van der Waals surface area contributed by atoms with Crippen LogP contribution in [0.4, 0.5) is 0 Å². The van der Waals surface area contributed by atoms with Gasteiger partial charge in [-0.05, 0) is 30.7 Å². The molecule has 7 heteroatoms. The van der Waals surface area contributed by atoms with E-state index in [9.17, 15) is 14.7 Å². The van der Waals surface area contributed by atoms with E-state index in [-0.39, 0.29) is 17.9 Å². The second kappa shape index (κ2) is 5.55. The van der Waals surface area contributed by atoms with Crippen LogP contribution in [0.15, 0.2) is 23.6 Å². The number of aliphatic carboxylic acids is 1. The van der Waals surface area contributed by atoms with Crippen LogP contribution in [-0.4, -0.2) is 21.7 Å². The van der Waals surface area contributed by atoms with Gasteiger partial charge < -0.3 is 14.9 Å². The molecule has 0 aliphatic carbocycles. The number of hydrogen-bond acceptors (Lipinski definition) is 5. The van der Waals surface area contributed by atoms with E-state index in [1.165, 1.54) is 11.3 Å². The van der Waals surface area contributed by atoms with Gasteiger partial charge in [-0.25, -0.2) is 4.98 Å². The second-order valence-electron chi connectivity index (χ2n) is 4.84. The Kier molecular flexibility index (Phi) is 3.72. The number of benzene rings is 1. The highest BCUT2D eigenvalue weighted by atomic mass is 35.5. The van der Waals surface area contributed by atoms with Crippen LogP contribution in [0.1, 0.15) is 26.8 Å². The Morgan fingerprint density at radius 1 is 1.41 bits per heavy atom. The summed E-state index contributed by atoms with van der Waals surface area (Å²) in [5, 5.41) is 14.2. The van der Waals surface area contributed by atoms with E-state index in [1.54, 1.807) is 30.5 Å². The van der Waals surface area contributed by atoms with Crippen molar-refractivity contribution in [2.75, 3.05) is 0 Å². The van der Waals surface area contributed by atoms with Crippen LogP contribution in [-0.2, 0) is 11.2 Å². The number of carbonyl (C=O) groups is 2. The summed E-state index contributed by atoms with van der Waals surface area (Å²) in [5.74, 6) is -1.59. The number of carboxylic acid groups (broad SMARTS) is 1. The van der Waals surface area contributed by atoms with E-state index in [1.807, 2.05) is 0 Å². The molecule has 0 aliphatic heterocycles. The van der Waals surface area contributed by atoms with Gasteiger partial charge in [0.05, 0.1) is 5.69 Å². The molecule has 2 aromatic heterocycles. The van der Waals surface area contributed by atoms with Gasteiger partial charge >= 0.3 is 0 Å². The summed E-state index contributed by atoms with van der Waals surface area (Å²) in [5.41, 5.74) is 1.98. The molecule has 0 atom stereocenters. The highest BCUT2D eigenvalue weighted by molar-refractivity contribution is 7.12. The van der Waals surface area contributed by atoms with Gasteiger partial charge in [-0.3, -0.25) is 4.79 Å². The first-order valence-corrected chi connectivity index (χ1v) is 7.68. The maximum Gasteiger partial charge on any atom is 0.238 e. The molecular weight excluding hydrogens is 324 g/mol. The number of nitrogens with one attached hydrogen (secondary N) is 1. The van der Waals surface area contributed by atoms with Crippen LogP contribution in [0.25, 0.3) is 10.9 Å². The first kappa shape index (κ1) is 14.7. The number of H-pyrrole nitrogens is 1. The van der Waals surface area contributed by atoms with E-state index >= 15 is 0 Å². The van der Waals surface area contributed by atoms with Crippen molar-refractivity contribution in [2.45, 2.75) is 13.3 Å².